The fourth-order valence-electron chi connectivity index (χ4n) is 1.62. The SMILES string of the molecule is CC(CS(C)(=O)=O)NC(CCO)C(C)C. The largest absolute Gasteiger partial charge is 0.396 e. The van der Waals surface area contributed by atoms with Crippen LogP contribution in [0.1, 0.15) is 27.2 Å². The molecule has 0 aliphatic heterocycles. The molecule has 5 heteroatoms. The Morgan fingerprint density at radius 1 is 1.27 bits per heavy atom. The summed E-state index contributed by atoms with van der Waals surface area (Å²) < 4.78 is 22.1. The van der Waals surface area contributed by atoms with Gasteiger partial charge in [-0.05, 0) is 19.3 Å². The predicted octanol–water partition coefficient (Wildman–Crippen LogP) is 0.416. The lowest BCUT2D eigenvalue weighted by molar-refractivity contribution is 0.239. The van der Waals surface area contributed by atoms with Gasteiger partial charge in [-0.15, -0.1) is 0 Å². The highest BCUT2D eigenvalue weighted by Crippen LogP contribution is 2.07. The minimum atomic E-state index is -2.93. The summed E-state index contributed by atoms with van der Waals surface area (Å²) in [7, 11) is -2.93. The maximum absolute atomic E-state index is 11.1. The molecule has 0 aliphatic carbocycles. The number of hydrogen-bond donors (Lipinski definition) is 2. The third-order valence-electron chi connectivity index (χ3n) is 2.30. The Labute approximate surface area is 93.0 Å². The van der Waals surface area contributed by atoms with E-state index in [1.165, 1.54) is 6.26 Å². The first-order valence-corrected chi connectivity index (χ1v) is 7.37. The normalized spacial score (nSPS) is 16.7. The molecular weight excluding hydrogens is 214 g/mol. The molecule has 0 radical (unpaired) electrons. The molecule has 2 unspecified atom stereocenters. The van der Waals surface area contributed by atoms with Crippen LogP contribution in [0.25, 0.3) is 0 Å². The van der Waals surface area contributed by atoms with E-state index in [1.807, 2.05) is 6.92 Å². The predicted molar refractivity (Wildman–Crippen MR) is 62.6 cm³/mol. The molecule has 0 aromatic carbocycles. The van der Waals surface area contributed by atoms with E-state index in [0.29, 0.717) is 12.3 Å². The van der Waals surface area contributed by atoms with Gasteiger partial charge in [0.25, 0.3) is 0 Å². The van der Waals surface area contributed by atoms with Gasteiger partial charge in [0.15, 0.2) is 0 Å². The number of aliphatic hydroxyl groups excluding tert-OH is 1. The van der Waals surface area contributed by atoms with Crippen LogP contribution in [0.3, 0.4) is 0 Å². The first-order valence-electron chi connectivity index (χ1n) is 5.31. The third-order valence-corrected chi connectivity index (χ3v) is 3.40. The zero-order valence-corrected chi connectivity index (χ0v) is 10.8. The van der Waals surface area contributed by atoms with E-state index in [-0.39, 0.29) is 24.4 Å². The standard InChI is InChI=1S/C10H23NO3S/c1-8(2)10(5-6-12)11-9(3)7-15(4,13)14/h8-12H,5-7H2,1-4H3. The molecule has 0 bridgehead atoms. The van der Waals surface area contributed by atoms with Crippen LogP contribution in [0.4, 0.5) is 0 Å². The number of sulfone groups is 1. The van der Waals surface area contributed by atoms with Crippen molar-refractivity contribution in [3.63, 3.8) is 0 Å². The summed E-state index contributed by atoms with van der Waals surface area (Å²) in [6.45, 7) is 6.09. The van der Waals surface area contributed by atoms with Gasteiger partial charge in [0.1, 0.15) is 9.84 Å². The summed E-state index contributed by atoms with van der Waals surface area (Å²) >= 11 is 0. The highest BCUT2D eigenvalue weighted by atomic mass is 32.2. The third kappa shape index (κ3) is 7.76. The van der Waals surface area contributed by atoms with Crippen molar-refractivity contribution >= 4 is 9.84 Å². The Kier molecular flexibility index (Phi) is 6.40. The van der Waals surface area contributed by atoms with Crippen molar-refractivity contribution in [3.05, 3.63) is 0 Å². The van der Waals surface area contributed by atoms with E-state index in [1.54, 1.807) is 0 Å². The highest BCUT2D eigenvalue weighted by Gasteiger charge is 2.17. The highest BCUT2D eigenvalue weighted by molar-refractivity contribution is 7.90. The molecule has 0 rings (SSSR count). The van der Waals surface area contributed by atoms with Gasteiger partial charge in [-0.2, -0.15) is 0 Å². The molecule has 0 amide bonds. The van der Waals surface area contributed by atoms with E-state index in [9.17, 15) is 8.42 Å². The van der Waals surface area contributed by atoms with Gasteiger partial charge < -0.3 is 10.4 Å². The molecule has 92 valence electrons. The van der Waals surface area contributed by atoms with Crippen LogP contribution in [0, 0.1) is 5.92 Å². The van der Waals surface area contributed by atoms with Crippen LogP contribution in [0.15, 0.2) is 0 Å². The number of rotatable bonds is 7. The summed E-state index contributed by atoms with van der Waals surface area (Å²) in [6, 6.07) is 0.102. The van der Waals surface area contributed by atoms with Gasteiger partial charge in [0.2, 0.25) is 0 Å². The van der Waals surface area contributed by atoms with Crippen LogP contribution >= 0.6 is 0 Å². The van der Waals surface area contributed by atoms with Gasteiger partial charge in [-0.25, -0.2) is 8.42 Å². The lowest BCUT2D eigenvalue weighted by atomic mass is 10.0. The number of aliphatic hydroxyl groups is 1. The van der Waals surface area contributed by atoms with Crippen molar-refractivity contribution in [1.82, 2.24) is 5.32 Å². The van der Waals surface area contributed by atoms with Gasteiger partial charge in [0.05, 0.1) is 5.75 Å². The van der Waals surface area contributed by atoms with Crippen molar-refractivity contribution < 1.29 is 13.5 Å². The smallest absolute Gasteiger partial charge is 0.148 e. The fourth-order valence-corrected chi connectivity index (χ4v) is 2.62. The average molecular weight is 237 g/mol. The van der Waals surface area contributed by atoms with Gasteiger partial charge >= 0.3 is 0 Å². The van der Waals surface area contributed by atoms with Crippen LogP contribution in [0.2, 0.25) is 0 Å². The molecule has 2 atom stereocenters. The van der Waals surface area contributed by atoms with E-state index in [4.69, 9.17) is 5.11 Å². The van der Waals surface area contributed by atoms with E-state index in [2.05, 4.69) is 19.2 Å². The first-order chi connectivity index (χ1) is 6.76. The molecule has 0 aromatic rings. The van der Waals surface area contributed by atoms with Crippen molar-refractivity contribution in [2.75, 3.05) is 18.6 Å². The Bertz CT molecular complexity index is 262. The zero-order chi connectivity index (χ0) is 12.1. The van der Waals surface area contributed by atoms with Gasteiger partial charge in [0, 0.05) is 24.9 Å². The number of nitrogens with one attached hydrogen (secondary N) is 1. The summed E-state index contributed by atoms with van der Waals surface area (Å²) in [5.74, 6) is 0.529. The summed E-state index contributed by atoms with van der Waals surface area (Å²) in [5, 5.41) is 12.1. The minimum Gasteiger partial charge on any atom is -0.396 e. The van der Waals surface area contributed by atoms with E-state index >= 15 is 0 Å². The molecule has 0 saturated heterocycles. The summed E-state index contributed by atoms with van der Waals surface area (Å²) in [6.07, 6.45) is 1.90. The van der Waals surface area contributed by atoms with Gasteiger partial charge in [-0.1, -0.05) is 13.8 Å². The first kappa shape index (κ1) is 14.9. The second kappa shape index (κ2) is 6.45. The molecule has 0 aromatic heterocycles. The monoisotopic (exact) mass is 237 g/mol. The number of hydrogen-bond acceptors (Lipinski definition) is 4. The van der Waals surface area contributed by atoms with Crippen molar-refractivity contribution in [2.45, 2.75) is 39.3 Å². The second-order valence-corrected chi connectivity index (χ2v) is 6.71. The Morgan fingerprint density at radius 3 is 2.13 bits per heavy atom. The molecule has 2 N–H and O–H groups in total. The van der Waals surface area contributed by atoms with Crippen LogP contribution in [-0.4, -0.2) is 44.2 Å². The zero-order valence-electron chi connectivity index (χ0n) is 10.0. The topological polar surface area (TPSA) is 66.4 Å². The Morgan fingerprint density at radius 2 is 1.80 bits per heavy atom. The molecule has 0 spiro atoms. The lowest BCUT2D eigenvalue weighted by Gasteiger charge is -2.25. The average Bonchev–Trinajstić information content (AvgIpc) is 1.99. The molecule has 0 saturated carbocycles. The molecule has 15 heavy (non-hydrogen) atoms. The van der Waals surface area contributed by atoms with Crippen LogP contribution in [0.5, 0.6) is 0 Å². The minimum absolute atomic E-state index is 0.0704. The lowest BCUT2D eigenvalue weighted by Crippen LogP contribution is -2.43. The molecule has 4 nitrogen and oxygen atoms in total. The maximum Gasteiger partial charge on any atom is 0.148 e. The van der Waals surface area contributed by atoms with Crippen molar-refractivity contribution in [3.8, 4) is 0 Å². The Hall–Kier alpha value is -0.130. The van der Waals surface area contributed by atoms with Crippen molar-refractivity contribution in [2.24, 2.45) is 5.92 Å². The second-order valence-electron chi connectivity index (χ2n) is 4.52. The fraction of sp³-hybridized carbons (Fsp3) is 1.00. The quantitative estimate of drug-likeness (QED) is 0.673. The summed E-state index contributed by atoms with van der Waals surface area (Å²) in [4.78, 5) is 0. The molecule has 0 heterocycles. The van der Waals surface area contributed by atoms with Crippen LogP contribution in [-0.2, 0) is 9.84 Å². The summed E-state index contributed by atoms with van der Waals surface area (Å²) in [5.41, 5.74) is 0. The molecule has 0 fully saturated rings. The van der Waals surface area contributed by atoms with E-state index < -0.39 is 9.84 Å². The van der Waals surface area contributed by atoms with Crippen LogP contribution < -0.4 is 5.32 Å². The van der Waals surface area contributed by atoms with Gasteiger partial charge in [-0.3, -0.25) is 0 Å². The van der Waals surface area contributed by atoms with Crippen molar-refractivity contribution in [1.29, 1.82) is 0 Å². The van der Waals surface area contributed by atoms with E-state index in [0.717, 1.165) is 0 Å². The molecule has 0 aliphatic rings. The maximum atomic E-state index is 11.1. The Balaban J connectivity index is 4.17. The molecular formula is C10H23NO3S.